The van der Waals surface area contributed by atoms with E-state index in [1.54, 1.807) is 0 Å². The van der Waals surface area contributed by atoms with Crippen molar-refractivity contribution in [1.29, 1.82) is 0 Å². The molecule has 0 bridgehead atoms. The van der Waals surface area contributed by atoms with Crippen LogP contribution >= 0.6 is 23.2 Å². The summed E-state index contributed by atoms with van der Waals surface area (Å²) >= 11 is 12.8. The van der Waals surface area contributed by atoms with E-state index in [0.29, 0.717) is 67.4 Å². The minimum atomic E-state index is -3.03. The maximum atomic E-state index is 15.1. The minimum absolute atomic E-state index is 0.117. The average molecular weight is 728 g/mol. The molecule has 2 aliphatic heterocycles. The predicted molar refractivity (Wildman–Crippen MR) is 200 cm³/mol. The molecule has 0 aliphatic carbocycles. The molecule has 1 fully saturated rings. The van der Waals surface area contributed by atoms with Crippen LogP contribution in [0.5, 0.6) is 5.75 Å². The number of hydrogen-bond acceptors (Lipinski definition) is 6. The Bertz CT molecular complexity index is 1800. The summed E-state index contributed by atoms with van der Waals surface area (Å²) in [5.74, 6) is 1.35. The second kappa shape index (κ2) is 14.3. The molecule has 3 aromatic carbocycles. The zero-order chi connectivity index (χ0) is 35.8. The van der Waals surface area contributed by atoms with E-state index in [-0.39, 0.29) is 17.2 Å². The Kier molecular flexibility index (Phi) is 10.8. The monoisotopic (exact) mass is 726 g/mol. The van der Waals surface area contributed by atoms with Gasteiger partial charge in [-0.2, -0.15) is 0 Å². The molecule has 2 atom stereocenters. The number of benzene rings is 3. The smallest absolute Gasteiger partial charge is 0.326 e. The first-order valence-electron chi connectivity index (χ1n) is 16.9. The second-order valence-corrected chi connectivity index (χ2v) is 17.6. The zero-order valence-corrected chi connectivity index (χ0v) is 31.9. The molecule has 2 aliphatic rings. The third kappa shape index (κ3) is 7.65. The number of carbonyl (C=O) groups is 1. The van der Waals surface area contributed by atoms with Gasteiger partial charge in [0.1, 0.15) is 32.5 Å². The molecule has 1 saturated heterocycles. The Labute approximate surface area is 302 Å². The number of ether oxygens (including phenoxy) is 1. The molecule has 0 N–H and O–H groups in total. The summed E-state index contributed by atoms with van der Waals surface area (Å²) < 4.78 is 29.7. The molecule has 0 radical (unpaired) electrons. The van der Waals surface area contributed by atoms with Gasteiger partial charge in [0.25, 0.3) is 0 Å². The van der Waals surface area contributed by atoms with Crippen LogP contribution in [0, 0.1) is 0 Å². The molecule has 0 saturated carbocycles. The topological polar surface area (TPSA) is 82.5 Å². The third-order valence-corrected chi connectivity index (χ3v) is 11.5. The number of hydrogen-bond donors (Lipinski definition) is 0. The highest BCUT2D eigenvalue weighted by atomic mass is 35.5. The number of nitrogens with zero attached hydrogens (tertiary/aromatic N) is 4. The first-order chi connectivity index (χ1) is 23.0. The van der Waals surface area contributed by atoms with E-state index in [9.17, 15) is 8.42 Å². The lowest BCUT2D eigenvalue weighted by molar-refractivity contribution is 0.0868. The quantitative estimate of drug-likeness (QED) is 0.225. The molecule has 49 heavy (non-hydrogen) atoms. The van der Waals surface area contributed by atoms with Gasteiger partial charge in [-0.3, -0.25) is 14.8 Å². The van der Waals surface area contributed by atoms with Crippen molar-refractivity contribution < 1.29 is 17.9 Å². The van der Waals surface area contributed by atoms with Crippen LogP contribution in [-0.4, -0.2) is 86.3 Å². The number of carbonyl (C=O) groups excluding carboxylic acids is 1. The van der Waals surface area contributed by atoms with Crippen molar-refractivity contribution in [2.75, 3.05) is 51.3 Å². The van der Waals surface area contributed by atoms with Gasteiger partial charge in [-0.25, -0.2) is 13.2 Å². The molecule has 2 amide bonds. The summed E-state index contributed by atoms with van der Waals surface area (Å²) in [4.78, 5) is 26.6. The largest absolute Gasteiger partial charge is 0.493 e. The summed E-state index contributed by atoms with van der Waals surface area (Å²) in [6, 6.07) is 21.4. The van der Waals surface area contributed by atoms with Gasteiger partial charge >= 0.3 is 6.03 Å². The van der Waals surface area contributed by atoms with Gasteiger partial charge in [0.2, 0.25) is 0 Å². The Morgan fingerprint density at radius 2 is 1.47 bits per heavy atom. The van der Waals surface area contributed by atoms with Gasteiger partial charge in [0.05, 0.1) is 17.9 Å². The molecule has 3 aromatic rings. The molecular weight excluding hydrogens is 679 g/mol. The van der Waals surface area contributed by atoms with Crippen molar-refractivity contribution >= 4 is 44.9 Å². The summed E-state index contributed by atoms with van der Waals surface area (Å²) in [5, 5.41) is 1.21. The number of amidine groups is 1. The molecule has 5 rings (SSSR count). The third-order valence-electron chi connectivity index (χ3n) is 9.96. The Morgan fingerprint density at radius 3 is 2.00 bits per heavy atom. The van der Waals surface area contributed by atoms with Gasteiger partial charge < -0.3 is 9.64 Å². The molecule has 11 heteroatoms. The van der Waals surface area contributed by atoms with Gasteiger partial charge in [0.15, 0.2) is 0 Å². The summed E-state index contributed by atoms with van der Waals surface area (Å²) in [5.41, 5.74) is 1.57. The number of rotatable bonds is 9. The van der Waals surface area contributed by atoms with Gasteiger partial charge in [-0.15, -0.1) is 0 Å². The van der Waals surface area contributed by atoms with E-state index in [0.717, 1.165) is 22.3 Å². The summed E-state index contributed by atoms with van der Waals surface area (Å²) in [7, 11) is -3.03. The van der Waals surface area contributed by atoms with Crippen molar-refractivity contribution in [2.24, 2.45) is 4.99 Å². The highest BCUT2D eigenvalue weighted by molar-refractivity contribution is 7.90. The average Bonchev–Trinajstić information content (AvgIpc) is 3.28. The molecule has 2 unspecified atom stereocenters. The SMILES string of the molecule is CCOc1cc(C(C)(C)C)ccc1C1=NC(C)(c2ccc(Cl)cc2)C(C)(c2ccc(Cl)cc2)N1C(=O)N1CCN(CCCS(C)(=O)=O)CC1. The van der Waals surface area contributed by atoms with E-state index < -0.39 is 20.9 Å². The van der Waals surface area contributed by atoms with E-state index in [1.807, 2.05) is 71.3 Å². The number of sulfone groups is 1. The number of halogens is 2. The van der Waals surface area contributed by atoms with E-state index >= 15 is 4.79 Å². The number of aliphatic imine (C=N–C) groups is 1. The first-order valence-corrected chi connectivity index (χ1v) is 19.7. The second-order valence-electron chi connectivity index (χ2n) is 14.4. The van der Waals surface area contributed by atoms with Crippen molar-refractivity contribution in [2.45, 2.75) is 64.5 Å². The lowest BCUT2D eigenvalue weighted by atomic mass is 9.71. The van der Waals surface area contributed by atoms with E-state index in [4.69, 9.17) is 32.9 Å². The van der Waals surface area contributed by atoms with Crippen LogP contribution in [0.2, 0.25) is 10.0 Å². The van der Waals surface area contributed by atoms with E-state index in [2.05, 4.69) is 51.7 Å². The Morgan fingerprint density at radius 1 is 0.898 bits per heavy atom. The first kappa shape index (κ1) is 37.2. The predicted octanol–water partition coefficient (Wildman–Crippen LogP) is 7.75. The van der Waals surface area contributed by atoms with Gasteiger partial charge in [-0.1, -0.05) is 74.3 Å². The maximum absolute atomic E-state index is 15.1. The van der Waals surface area contributed by atoms with Gasteiger partial charge in [0, 0.05) is 42.5 Å². The maximum Gasteiger partial charge on any atom is 0.326 e. The Hall–Kier alpha value is -3.11. The highest BCUT2D eigenvalue weighted by Crippen LogP contribution is 2.54. The van der Waals surface area contributed by atoms with Crippen LogP contribution in [0.25, 0.3) is 0 Å². The highest BCUT2D eigenvalue weighted by Gasteiger charge is 2.60. The van der Waals surface area contributed by atoms with Crippen LogP contribution in [0.15, 0.2) is 71.7 Å². The van der Waals surface area contributed by atoms with Crippen LogP contribution in [0.1, 0.15) is 70.2 Å². The van der Waals surface area contributed by atoms with E-state index in [1.165, 1.54) is 6.26 Å². The molecule has 8 nitrogen and oxygen atoms in total. The lowest BCUT2D eigenvalue weighted by Gasteiger charge is -2.47. The van der Waals surface area contributed by atoms with Crippen LogP contribution in [-0.2, 0) is 26.3 Å². The van der Waals surface area contributed by atoms with Crippen molar-refractivity contribution in [3.63, 3.8) is 0 Å². The van der Waals surface area contributed by atoms with Crippen molar-refractivity contribution in [3.05, 3.63) is 99.0 Å². The molecule has 0 aromatic heterocycles. The van der Waals surface area contributed by atoms with Crippen LogP contribution in [0.3, 0.4) is 0 Å². The number of amides is 2. The number of urea groups is 1. The lowest BCUT2D eigenvalue weighted by Crippen LogP contribution is -2.60. The zero-order valence-electron chi connectivity index (χ0n) is 29.6. The normalized spacial score (nSPS) is 21.9. The molecule has 264 valence electrons. The molecule has 0 spiro atoms. The minimum Gasteiger partial charge on any atom is -0.493 e. The van der Waals surface area contributed by atoms with Crippen molar-refractivity contribution in [3.8, 4) is 5.75 Å². The number of piperazine rings is 1. The van der Waals surface area contributed by atoms with Gasteiger partial charge in [-0.05, 0) is 92.2 Å². The Balaban J connectivity index is 1.65. The standard InChI is InChI=1S/C38H48Cl2N4O4S/c1-8-48-33-26-29(36(2,3)4)14-19-32(33)34-41-37(5,27-10-15-30(39)16-11-27)38(6,28-12-17-31(40)18-13-28)44(34)35(45)43-23-21-42(22-24-43)20-9-25-49(7,46)47/h10-19,26H,8-9,20-25H2,1-7H3. The summed E-state index contributed by atoms with van der Waals surface area (Å²) in [6.07, 6.45) is 1.83. The molecular formula is C38H48Cl2N4O4S. The summed E-state index contributed by atoms with van der Waals surface area (Å²) in [6.45, 7) is 16.0. The fourth-order valence-electron chi connectivity index (χ4n) is 6.87. The fourth-order valence-corrected chi connectivity index (χ4v) is 7.78. The van der Waals surface area contributed by atoms with Crippen LogP contribution in [0.4, 0.5) is 4.79 Å². The van der Waals surface area contributed by atoms with Crippen LogP contribution < -0.4 is 4.74 Å². The molecule has 2 heterocycles. The van der Waals surface area contributed by atoms with Crippen molar-refractivity contribution in [1.82, 2.24) is 14.7 Å². The fraction of sp³-hybridized carbons (Fsp3) is 0.474.